The summed E-state index contributed by atoms with van der Waals surface area (Å²) in [5, 5.41) is 11.6. The van der Waals surface area contributed by atoms with Crippen LogP contribution in [-0.4, -0.2) is 45.3 Å². The minimum Gasteiger partial charge on any atom is -0.360 e. The molecular formula is C18H24N4O6S2. The molecule has 2 heterocycles. The van der Waals surface area contributed by atoms with Gasteiger partial charge in [0.2, 0.25) is 26.0 Å². The Labute approximate surface area is 175 Å². The Bertz CT molecular complexity index is 1110. The molecule has 1 saturated heterocycles. The normalized spacial score (nSPS) is 16.5. The van der Waals surface area contributed by atoms with Crippen molar-refractivity contribution in [2.75, 3.05) is 13.1 Å². The largest absolute Gasteiger partial charge is 0.360 e. The van der Waals surface area contributed by atoms with Gasteiger partial charge in [0.25, 0.3) is 0 Å². The first-order valence-corrected chi connectivity index (χ1v) is 12.3. The van der Waals surface area contributed by atoms with Gasteiger partial charge in [-0.1, -0.05) is 17.3 Å². The number of nitrogens with one attached hydrogen (secondary N) is 1. The van der Waals surface area contributed by atoms with Crippen LogP contribution in [0.1, 0.15) is 29.9 Å². The lowest BCUT2D eigenvalue weighted by molar-refractivity contribution is -0.126. The van der Waals surface area contributed by atoms with Crippen molar-refractivity contribution < 1.29 is 26.2 Å². The van der Waals surface area contributed by atoms with Gasteiger partial charge in [-0.3, -0.25) is 4.79 Å². The summed E-state index contributed by atoms with van der Waals surface area (Å²) in [7, 11) is -7.47. The summed E-state index contributed by atoms with van der Waals surface area (Å²) in [6, 6.07) is 5.93. The highest BCUT2D eigenvalue weighted by Gasteiger charge is 2.35. The van der Waals surface area contributed by atoms with Crippen LogP contribution in [0.5, 0.6) is 0 Å². The van der Waals surface area contributed by atoms with E-state index >= 15 is 0 Å². The highest BCUT2D eigenvalue weighted by molar-refractivity contribution is 7.89. The van der Waals surface area contributed by atoms with Crippen molar-refractivity contribution in [3.8, 4) is 0 Å². The van der Waals surface area contributed by atoms with Gasteiger partial charge in [0, 0.05) is 25.6 Å². The molecule has 30 heavy (non-hydrogen) atoms. The molecule has 1 amide bonds. The van der Waals surface area contributed by atoms with Crippen LogP contribution in [0.15, 0.2) is 38.6 Å². The highest BCUT2D eigenvalue weighted by atomic mass is 32.2. The molecule has 0 unspecified atom stereocenters. The summed E-state index contributed by atoms with van der Waals surface area (Å²) >= 11 is 0. The summed E-state index contributed by atoms with van der Waals surface area (Å²) in [5.74, 6) is -0.217. The lowest BCUT2D eigenvalue weighted by atomic mass is 9.97. The summed E-state index contributed by atoms with van der Waals surface area (Å²) in [6.07, 6.45) is 0.803. The summed E-state index contributed by atoms with van der Waals surface area (Å²) in [4.78, 5) is 12.6. The second-order valence-corrected chi connectivity index (χ2v) is 10.7. The van der Waals surface area contributed by atoms with Crippen LogP contribution < -0.4 is 10.5 Å². The number of sulfonamides is 2. The van der Waals surface area contributed by atoms with Gasteiger partial charge >= 0.3 is 0 Å². The number of aromatic nitrogens is 1. The summed E-state index contributed by atoms with van der Waals surface area (Å²) in [6.45, 7) is 3.84. The van der Waals surface area contributed by atoms with Crippen molar-refractivity contribution in [1.82, 2.24) is 14.8 Å². The average Bonchev–Trinajstić information content (AvgIpc) is 3.04. The molecule has 1 aromatic heterocycles. The van der Waals surface area contributed by atoms with Gasteiger partial charge in [-0.05, 0) is 44.4 Å². The van der Waals surface area contributed by atoms with E-state index in [0.29, 0.717) is 18.5 Å². The Morgan fingerprint density at radius 2 is 1.77 bits per heavy atom. The second-order valence-electron chi connectivity index (χ2n) is 7.24. The van der Waals surface area contributed by atoms with Crippen molar-refractivity contribution in [2.24, 2.45) is 11.1 Å². The van der Waals surface area contributed by atoms with Crippen molar-refractivity contribution in [2.45, 2.75) is 43.0 Å². The van der Waals surface area contributed by atoms with Crippen molar-refractivity contribution in [3.63, 3.8) is 0 Å². The summed E-state index contributed by atoms with van der Waals surface area (Å²) in [5.41, 5.74) is 1.05. The third-order valence-corrected chi connectivity index (χ3v) is 8.18. The molecule has 0 bridgehead atoms. The number of rotatable bonds is 6. The van der Waals surface area contributed by atoms with E-state index in [2.05, 4.69) is 10.5 Å². The number of nitrogens with zero attached hydrogens (tertiary/aromatic N) is 2. The maximum absolute atomic E-state index is 12.8. The molecule has 2 aromatic rings. The molecule has 10 nitrogen and oxygen atoms in total. The maximum Gasteiger partial charge on any atom is 0.248 e. The quantitative estimate of drug-likeness (QED) is 0.647. The monoisotopic (exact) mass is 456 g/mol. The molecular weight excluding hydrogens is 432 g/mol. The smallest absolute Gasteiger partial charge is 0.248 e. The van der Waals surface area contributed by atoms with Crippen molar-refractivity contribution >= 4 is 26.0 Å². The topological polar surface area (TPSA) is 153 Å². The fraction of sp³-hybridized carbons (Fsp3) is 0.444. The number of carbonyl (C=O) groups is 1. The average molecular weight is 457 g/mol. The first kappa shape index (κ1) is 22.4. The molecule has 3 N–H and O–H groups in total. The lowest BCUT2D eigenvalue weighted by Gasteiger charge is -2.30. The third-order valence-electron chi connectivity index (χ3n) is 5.11. The third kappa shape index (κ3) is 4.72. The van der Waals surface area contributed by atoms with Crippen LogP contribution in [0.25, 0.3) is 0 Å². The van der Waals surface area contributed by atoms with Gasteiger partial charge < -0.3 is 9.84 Å². The van der Waals surface area contributed by atoms with Crippen LogP contribution >= 0.6 is 0 Å². The number of nitrogens with two attached hydrogens (primary N) is 1. The van der Waals surface area contributed by atoms with Crippen LogP contribution in [0.2, 0.25) is 0 Å². The molecule has 0 radical (unpaired) electrons. The predicted molar refractivity (Wildman–Crippen MR) is 107 cm³/mol. The van der Waals surface area contributed by atoms with Gasteiger partial charge in [0.05, 0.1) is 4.90 Å². The predicted octanol–water partition coefficient (Wildman–Crippen LogP) is 0.656. The standard InChI is InChI=1S/C18H24N4O6S2/c1-12-17(13(2)28-21-12)30(26,27)22-9-7-15(8-10-22)18(23)20-11-14-3-5-16(6-4-14)29(19,24)25/h3-6,15H,7-11H2,1-2H3,(H,20,23)(H2,19,24,25). The molecule has 1 aliphatic rings. The van der Waals surface area contributed by atoms with Gasteiger partial charge in [-0.25, -0.2) is 22.0 Å². The van der Waals surface area contributed by atoms with Crippen LogP contribution in [-0.2, 0) is 31.4 Å². The first-order valence-electron chi connectivity index (χ1n) is 9.32. The Morgan fingerprint density at radius 1 is 1.17 bits per heavy atom. The molecule has 1 aliphatic heterocycles. The van der Waals surface area contributed by atoms with Crippen molar-refractivity contribution in [1.29, 1.82) is 0 Å². The minimum absolute atomic E-state index is 0.00412. The summed E-state index contributed by atoms with van der Waals surface area (Å²) < 4.78 is 54.6. The number of piperidine rings is 1. The minimum atomic E-state index is -3.76. The fourth-order valence-corrected chi connectivity index (χ4v) is 5.74. The number of hydrogen-bond acceptors (Lipinski definition) is 7. The van der Waals surface area contributed by atoms with E-state index in [1.807, 2.05) is 0 Å². The molecule has 1 aromatic carbocycles. The van der Waals surface area contributed by atoms with Crippen molar-refractivity contribution in [3.05, 3.63) is 41.3 Å². The molecule has 0 saturated carbocycles. The Balaban J connectivity index is 1.55. The maximum atomic E-state index is 12.8. The van der Waals surface area contributed by atoms with Crippen LogP contribution in [0.4, 0.5) is 0 Å². The van der Waals surface area contributed by atoms with Gasteiger partial charge in [0.15, 0.2) is 5.76 Å². The SMILES string of the molecule is Cc1noc(C)c1S(=O)(=O)N1CCC(C(=O)NCc2ccc(S(N)(=O)=O)cc2)CC1. The number of primary sulfonamides is 1. The van der Waals surface area contributed by atoms with Gasteiger partial charge in [-0.15, -0.1) is 0 Å². The molecule has 3 rings (SSSR count). The van der Waals surface area contributed by atoms with Gasteiger partial charge in [-0.2, -0.15) is 4.31 Å². The molecule has 1 fully saturated rings. The van der Waals surface area contributed by atoms with Crippen LogP contribution in [0, 0.1) is 19.8 Å². The van der Waals surface area contributed by atoms with E-state index in [9.17, 15) is 21.6 Å². The van der Waals surface area contributed by atoms with Gasteiger partial charge in [0.1, 0.15) is 10.6 Å². The number of aryl methyl sites for hydroxylation is 2. The fourth-order valence-electron chi connectivity index (χ4n) is 3.46. The molecule has 164 valence electrons. The molecule has 0 spiro atoms. The van der Waals surface area contributed by atoms with Crippen LogP contribution in [0.3, 0.4) is 0 Å². The van der Waals surface area contributed by atoms with E-state index in [4.69, 9.17) is 9.66 Å². The number of hydrogen-bond donors (Lipinski definition) is 2. The number of carbonyl (C=O) groups excluding carboxylic acids is 1. The number of benzene rings is 1. The second kappa shape index (κ2) is 8.46. The lowest BCUT2D eigenvalue weighted by Crippen LogP contribution is -2.43. The Morgan fingerprint density at radius 3 is 2.27 bits per heavy atom. The van der Waals surface area contributed by atoms with E-state index in [1.165, 1.54) is 16.4 Å². The number of amides is 1. The first-order chi connectivity index (χ1) is 14.0. The van der Waals surface area contributed by atoms with E-state index in [1.54, 1.807) is 26.0 Å². The molecule has 12 heteroatoms. The zero-order valence-corrected chi connectivity index (χ0v) is 18.3. The highest BCUT2D eigenvalue weighted by Crippen LogP contribution is 2.27. The molecule has 0 atom stereocenters. The van der Waals surface area contributed by atoms with E-state index in [0.717, 1.165) is 5.56 Å². The Kier molecular flexibility index (Phi) is 6.32. The zero-order chi connectivity index (χ0) is 22.1. The Hall–Kier alpha value is -2.28. The van der Waals surface area contributed by atoms with E-state index < -0.39 is 20.0 Å². The zero-order valence-electron chi connectivity index (χ0n) is 16.7. The molecule has 0 aliphatic carbocycles. The van der Waals surface area contributed by atoms with E-state index in [-0.39, 0.29) is 47.0 Å².